The maximum atomic E-state index is 14.4. The van der Waals surface area contributed by atoms with E-state index >= 15 is 0 Å². The van der Waals surface area contributed by atoms with Gasteiger partial charge in [0.2, 0.25) is 0 Å². The summed E-state index contributed by atoms with van der Waals surface area (Å²) in [4.78, 5) is 36.4. The lowest BCUT2D eigenvalue weighted by Crippen LogP contribution is -2.37. The fraction of sp³-hybridized carbons (Fsp3) is 0.276. The molecular weight excluding hydrogens is 537 g/mol. The number of methoxy groups -OCH3 is 2. The molecule has 0 spiro atoms. The maximum absolute atomic E-state index is 14.4. The van der Waals surface area contributed by atoms with E-state index in [-0.39, 0.29) is 35.7 Å². The van der Waals surface area contributed by atoms with Crippen LogP contribution in [0.5, 0.6) is 11.5 Å². The van der Waals surface area contributed by atoms with E-state index in [0.29, 0.717) is 6.42 Å². The molecule has 0 aliphatic heterocycles. The first-order chi connectivity index (χ1) is 19.3. The standard InChI is InChI=1S/C29H32NO9P/c1-4-5-11-26(30-29(33)37-20-21-9-7-6-8-10-21)40(34,38-24-16-12-22(13-17-24)27(31)35-2)39-25-18-14-23(15-19-25)28(32)36-3/h6-10,12-19,26H,4-5,11,20H2,1-3H3,(H,30,33)/t26-/m0/s1. The molecule has 0 bridgehead atoms. The largest absolute Gasteiger partial charge is 0.465 e. The lowest BCUT2D eigenvalue weighted by molar-refractivity contribution is 0.0592. The number of carbonyl (C=O) groups is 3. The Kier molecular flexibility index (Phi) is 11.1. The zero-order valence-corrected chi connectivity index (χ0v) is 23.4. The monoisotopic (exact) mass is 569 g/mol. The third kappa shape index (κ3) is 8.61. The van der Waals surface area contributed by atoms with Gasteiger partial charge in [-0.05, 0) is 60.5 Å². The molecule has 0 radical (unpaired) electrons. The Bertz CT molecular complexity index is 1250. The fourth-order valence-electron chi connectivity index (χ4n) is 3.59. The number of unbranched alkanes of at least 4 members (excludes halogenated alkanes) is 1. The van der Waals surface area contributed by atoms with Gasteiger partial charge in [0.25, 0.3) is 0 Å². The van der Waals surface area contributed by atoms with Gasteiger partial charge < -0.3 is 28.6 Å². The lowest BCUT2D eigenvalue weighted by atomic mass is 10.2. The van der Waals surface area contributed by atoms with Gasteiger partial charge in [-0.15, -0.1) is 0 Å². The molecule has 3 rings (SSSR count). The van der Waals surface area contributed by atoms with Gasteiger partial charge in [0.1, 0.15) is 18.1 Å². The van der Waals surface area contributed by atoms with E-state index in [9.17, 15) is 18.9 Å². The van der Waals surface area contributed by atoms with E-state index in [2.05, 4.69) is 5.32 Å². The number of nitrogens with one attached hydrogen (secondary N) is 1. The molecule has 0 aromatic heterocycles. The second-order valence-corrected chi connectivity index (χ2v) is 10.7. The number of hydrogen-bond acceptors (Lipinski definition) is 9. The molecule has 0 aliphatic carbocycles. The lowest BCUT2D eigenvalue weighted by Gasteiger charge is -2.28. The second-order valence-electron chi connectivity index (χ2n) is 8.62. The number of ether oxygens (including phenoxy) is 3. The molecule has 0 saturated carbocycles. The molecule has 0 heterocycles. The number of alkyl carbamates (subject to hydrolysis) is 1. The Morgan fingerprint density at radius 3 is 1.73 bits per heavy atom. The van der Waals surface area contributed by atoms with Crippen molar-refractivity contribution in [1.82, 2.24) is 5.32 Å². The van der Waals surface area contributed by atoms with Crippen LogP contribution in [-0.2, 0) is 25.4 Å². The van der Waals surface area contributed by atoms with E-state index in [1.165, 1.54) is 62.8 Å². The Hall–Kier alpha value is -4.30. The molecule has 1 amide bonds. The normalized spacial score (nSPS) is 11.6. The van der Waals surface area contributed by atoms with Crippen molar-refractivity contribution >= 4 is 25.6 Å². The first-order valence-corrected chi connectivity index (χ1v) is 14.2. The molecule has 1 N–H and O–H groups in total. The van der Waals surface area contributed by atoms with Crippen LogP contribution >= 0.6 is 7.60 Å². The van der Waals surface area contributed by atoms with Crippen molar-refractivity contribution in [1.29, 1.82) is 0 Å². The smallest absolute Gasteiger partial charge is 0.453 e. The van der Waals surface area contributed by atoms with E-state index < -0.39 is 31.4 Å². The highest BCUT2D eigenvalue weighted by atomic mass is 31.2. The Balaban J connectivity index is 1.89. The second kappa shape index (κ2) is 14.7. The van der Waals surface area contributed by atoms with E-state index in [1.54, 1.807) is 0 Å². The SMILES string of the molecule is CCCC[C@@H](NC(=O)OCc1ccccc1)P(=O)(Oc1ccc(C(=O)OC)cc1)Oc1ccc(C(=O)OC)cc1. The van der Waals surface area contributed by atoms with Crippen LogP contribution in [0.15, 0.2) is 78.9 Å². The van der Waals surface area contributed by atoms with Gasteiger partial charge in [0.15, 0.2) is 5.78 Å². The van der Waals surface area contributed by atoms with Crippen molar-refractivity contribution in [3.63, 3.8) is 0 Å². The third-order valence-electron chi connectivity index (χ3n) is 5.73. The van der Waals surface area contributed by atoms with Crippen molar-refractivity contribution < 1.29 is 42.2 Å². The topological polar surface area (TPSA) is 126 Å². The quantitative estimate of drug-likeness (QED) is 0.142. The summed E-state index contributed by atoms with van der Waals surface area (Å²) in [7, 11) is -1.66. The molecule has 212 valence electrons. The van der Waals surface area contributed by atoms with Gasteiger partial charge in [0.05, 0.1) is 25.3 Å². The van der Waals surface area contributed by atoms with Gasteiger partial charge in [-0.3, -0.25) is 0 Å². The van der Waals surface area contributed by atoms with Crippen LogP contribution < -0.4 is 14.4 Å². The maximum Gasteiger partial charge on any atom is 0.453 e. The van der Waals surface area contributed by atoms with Crippen LogP contribution in [0.3, 0.4) is 0 Å². The summed E-state index contributed by atoms with van der Waals surface area (Å²) in [6, 6.07) is 20.8. The molecule has 3 aromatic rings. The molecule has 0 aliphatic rings. The molecule has 0 fully saturated rings. The van der Waals surface area contributed by atoms with Gasteiger partial charge in [0, 0.05) is 0 Å². The summed E-state index contributed by atoms with van der Waals surface area (Å²) in [5, 5.41) is 2.66. The van der Waals surface area contributed by atoms with Gasteiger partial charge in [-0.1, -0.05) is 50.1 Å². The Morgan fingerprint density at radius 2 is 1.27 bits per heavy atom. The number of benzene rings is 3. The van der Waals surface area contributed by atoms with Gasteiger partial charge in [-0.25, -0.2) is 18.9 Å². The zero-order valence-electron chi connectivity index (χ0n) is 22.5. The van der Waals surface area contributed by atoms with Crippen LogP contribution in [0.25, 0.3) is 0 Å². The summed E-state index contributed by atoms with van der Waals surface area (Å²) in [6.07, 6.45) is 0.815. The van der Waals surface area contributed by atoms with E-state index in [4.69, 9.17) is 23.3 Å². The average molecular weight is 570 g/mol. The average Bonchev–Trinajstić information content (AvgIpc) is 2.98. The summed E-state index contributed by atoms with van der Waals surface area (Å²) < 4.78 is 41.0. The highest BCUT2D eigenvalue weighted by molar-refractivity contribution is 7.55. The number of carbonyl (C=O) groups excluding carboxylic acids is 3. The summed E-state index contributed by atoms with van der Waals surface area (Å²) >= 11 is 0. The van der Waals surface area contributed by atoms with Crippen LogP contribution in [0.2, 0.25) is 0 Å². The minimum atomic E-state index is -4.19. The van der Waals surface area contributed by atoms with Crippen molar-refractivity contribution in [2.75, 3.05) is 14.2 Å². The van der Waals surface area contributed by atoms with Crippen molar-refractivity contribution in [2.45, 2.75) is 38.6 Å². The van der Waals surface area contributed by atoms with Gasteiger partial charge >= 0.3 is 25.6 Å². The molecular formula is C29H32NO9P. The number of rotatable bonds is 13. The Morgan fingerprint density at radius 1 is 0.775 bits per heavy atom. The van der Waals surface area contributed by atoms with Crippen molar-refractivity contribution in [3.8, 4) is 11.5 Å². The van der Waals surface area contributed by atoms with Crippen LogP contribution in [0.1, 0.15) is 52.5 Å². The van der Waals surface area contributed by atoms with Crippen molar-refractivity contribution in [2.24, 2.45) is 0 Å². The number of amides is 1. The van der Waals surface area contributed by atoms with E-state index in [0.717, 1.165) is 12.0 Å². The fourth-order valence-corrected chi connectivity index (χ4v) is 5.47. The summed E-state index contributed by atoms with van der Waals surface area (Å²) in [5.74, 6) is -1.89. The van der Waals surface area contributed by atoms with Gasteiger partial charge in [-0.2, -0.15) is 0 Å². The summed E-state index contributed by atoms with van der Waals surface area (Å²) in [5.41, 5.74) is 1.33. The molecule has 10 nitrogen and oxygen atoms in total. The predicted molar refractivity (Wildman–Crippen MR) is 148 cm³/mol. The highest BCUT2D eigenvalue weighted by Gasteiger charge is 2.40. The third-order valence-corrected chi connectivity index (χ3v) is 7.81. The molecule has 11 heteroatoms. The van der Waals surface area contributed by atoms with Crippen LogP contribution in [-0.4, -0.2) is 38.0 Å². The molecule has 0 saturated heterocycles. The first kappa shape index (κ1) is 30.2. The number of esters is 2. The molecule has 40 heavy (non-hydrogen) atoms. The number of hydrogen-bond donors (Lipinski definition) is 1. The first-order valence-electron chi connectivity index (χ1n) is 12.6. The Labute approximate surface area is 233 Å². The molecule has 0 unspecified atom stereocenters. The minimum absolute atomic E-state index is 0.0170. The van der Waals surface area contributed by atoms with E-state index in [1.807, 2.05) is 37.3 Å². The molecule has 3 aromatic carbocycles. The van der Waals surface area contributed by atoms with Crippen molar-refractivity contribution in [3.05, 3.63) is 95.6 Å². The van der Waals surface area contributed by atoms with Crippen LogP contribution in [0, 0.1) is 0 Å². The zero-order chi connectivity index (χ0) is 29.0. The van der Waals surface area contributed by atoms with Crippen LogP contribution in [0.4, 0.5) is 4.79 Å². The minimum Gasteiger partial charge on any atom is -0.465 e. The summed E-state index contributed by atoms with van der Waals surface area (Å²) in [6.45, 7) is 1.97. The molecule has 1 atom stereocenters. The predicted octanol–water partition coefficient (Wildman–Crippen LogP) is 6.35. The highest BCUT2D eigenvalue weighted by Crippen LogP contribution is 2.53.